The van der Waals surface area contributed by atoms with Crippen molar-refractivity contribution in [2.24, 2.45) is 13.0 Å². The van der Waals surface area contributed by atoms with Gasteiger partial charge in [0.05, 0.1) is 0 Å². The molecule has 0 radical (unpaired) electrons. The molecule has 0 unspecified atom stereocenters. The zero-order valence-corrected chi connectivity index (χ0v) is 7.67. The van der Waals surface area contributed by atoms with Crippen LogP contribution in [0.5, 0.6) is 0 Å². The molecule has 0 aromatic carbocycles. The van der Waals surface area contributed by atoms with Crippen LogP contribution in [0.1, 0.15) is 26.0 Å². The fourth-order valence-corrected chi connectivity index (χ4v) is 1.19. The Morgan fingerprint density at radius 2 is 2.18 bits per heavy atom. The number of nitrogens with zero attached hydrogens (tertiary/aromatic N) is 1. The van der Waals surface area contributed by atoms with Crippen molar-refractivity contribution >= 4 is 0 Å². The molecule has 0 aliphatic heterocycles. The van der Waals surface area contributed by atoms with Crippen molar-refractivity contribution < 1.29 is 0 Å². The lowest BCUT2D eigenvalue weighted by Crippen LogP contribution is -1.97. The van der Waals surface area contributed by atoms with E-state index in [-0.39, 0.29) is 0 Å². The van der Waals surface area contributed by atoms with Gasteiger partial charge in [0.15, 0.2) is 0 Å². The van der Waals surface area contributed by atoms with E-state index >= 15 is 0 Å². The highest BCUT2D eigenvalue weighted by atomic mass is 14.9. The minimum Gasteiger partial charge on any atom is -0.354 e. The van der Waals surface area contributed by atoms with E-state index in [0.29, 0.717) is 0 Å². The Labute approximate surface area is 69.0 Å². The summed E-state index contributed by atoms with van der Waals surface area (Å²) in [5.74, 6) is 0.810. The van der Waals surface area contributed by atoms with Crippen molar-refractivity contribution in [2.45, 2.75) is 26.7 Å². The highest BCUT2D eigenvalue weighted by Crippen LogP contribution is 2.08. The van der Waals surface area contributed by atoms with E-state index in [1.54, 1.807) is 0 Å². The van der Waals surface area contributed by atoms with Crippen molar-refractivity contribution in [2.75, 3.05) is 0 Å². The van der Waals surface area contributed by atoms with Gasteiger partial charge in [0.2, 0.25) is 0 Å². The van der Waals surface area contributed by atoms with E-state index in [2.05, 4.69) is 43.8 Å². The van der Waals surface area contributed by atoms with Crippen molar-refractivity contribution in [1.29, 1.82) is 0 Å². The lowest BCUT2D eigenvalue weighted by Gasteiger charge is -2.05. The average molecular weight is 151 g/mol. The first kappa shape index (κ1) is 8.38. The van der Waals surface area contributed by atoms with Gasteiger partial charge in [-0.1, -0.05) is 13.8 Å². The summed E-state index contributed by atoms with van der Waals surface area (Å²) in [5, 5.41) is 0. The molecule has 0 fully saturated rings. The molecule has 0 bridgehead atoms. The fourth-order valence-electron chi connectivity index (χ4n) is 1.19. The molecule has 0 saturated heterocycles. The summed E-state index contributed by atoms with van der Waals surface area (Å²) in [5.41, 5.74) is 1.44. The van der Waals surface area contributed by atoms with E-state index in [4.69, 9.17) is 0 Å². The smallest absolute Gasteiger partial charge is 0.0171 e. The van der Waals surface area contributed by atoms with Crippen LogP contribution in [0.3, 0.4) is 0 Å². The summed E-state index contributed by atoms with van der Waals surface area (Å²) >= 11 is 0. The maximum absolute atomic E-state index is 2.27. The summed E-state index contributed by atoms with van der Waals surface area (Å²) in [6, 6.07) is 4.30. The molecule has 1 aromatic rings. The second-order valence-electron chi connectivity index (χ2n) is 3.54. The molecule has 1 heteroatoms. The van der Waals surface area contributed by atoms with Gasteiger partial charge in [0.25, 0.3) is 0 Å². The summed E-state index contributed by atoms with van der Waals surface area (Å²) in [6.07, 6.45) is 4.61. The number of rotatable bonds is 3. The average Bonchev–Trinajstić information content (AvgIpc) is 2.31. The Morgan fingerprint density at radius 3 is 2.64 bits per heavy atom. The minimum absolute atomic E-state index is 0.810. The molecule has 11 heavy (non-hydrogen) atoms. The molecule has 1 heterocycles. The summed E-state index contributed by atoms with van der Waals surface area (Å²) in [4.78, 5) is 0. The van der Waals surface area contributed by atoms with Gasteiger partial charge in [-0.2, -0.15) is 0 Å². The molecule has 0 amide bonds. The molecule has 0 spiro atoms. The van der Waals surface area contributed by atoms with Gasteiger partial charge in [-0.15, -0.1) is 0 Å². The van der Waals surface area contributed by atoms with Crippen LogP contribution < -0.4 is 0 Å². The standard InChI is InChI=1S/C10H17N/c1-9(2)6-7-10-5-4-8-11(10)3/h4-5,8-9H,6-7H2,1-3H3. The minimum atomic E-state index is 0.810. The van der Waals surface area contributed by atoms with Crippen LogP contribution in [0.15, 0.2) is 18.3 Å². The van der Waals surface area contributed by atoms with E-state index in [0.717, 1.165) is 5.92 Å². The molecule has 0 atom stereocenters. The molecule has 1 rings (SSSR count). The third-order valence-corrected chi connectivity index (χ3v) is 2.03. The maximum Gasteiger partial charge on any atom is 0.0171 e. The Bertz CT molecular complexity index is 210. The summed E-state index contributed by atoms with van der Waals surface area (Å²) in [6.45, 7) is 4.53. The molecule has 0 aliphatic carbocycles. The summed E-state index contributed by atoms with van der Waals surface area (Å²) < 4.78 is 2.20. The van der Waals surface area contributed by atoms with Crippen molar-refractivity contribution in [3.8, 4) is 0 Å². The molecule has 0 saturated carbocycles. The Kier molecular flexibility index (Phi) is 2.75. The topological polar surface area (TPSA) is 4.93 Å². The van der Waals surface area contributed by atoms with Gasteiger partial charge in [-0.05, 0) is 30.9 Å². The van der Waals surface area contributed by atoms with Crippen molar-refractivity contribution in [1.82, 2.24) is 4.57 Å². The lowest BCUT2D eigenvalue weighted by molar-refractivity contribution is 0.573. The number of aryl methyl sites for hydroxylation is 2. The molecule has 1 aromatic heterocycles. The van der Waals surface area contributed by atoms with Gasteiger partial charge < -0.3 is 4.57 Å². The van der Waals surface area contributed by atoms with Gasteiger partial charge in [-0.25, -0.2) is 0 Å². The van der Waals surface area contributed by atoms with Crippen LogP contribution in [0.2, 0.25) is 0 Å². The zero-order valence-electron chi connectivity index (χ0n) is 7.67. The number of hydrogen-bond acceptors (Lipinski definition) is 0. The molecular formula is C10H17N. The van der Waals surface area contributed by atoms with Crippen LogP contribution >= 0.6 is 0 Å². The second kappa shape index (κ2) is 3.61. The van der Waals surface area contributed by atoms with Crippen molar-refractivity contribution in [3.63, 3.8) is 0 Å². The first-order valence-electron chi connectivity index (χ1n) is 4.30. The zero-order chi connectivity index (χ0) is 8.27. The number of hydrogen-bond donors (Lipinski definition) is 0. The Balaban J connectivity index is 2.44. The highest BCUT2D eigenvalue weighted by molar-refractivity contribution is 5.06. The normalized spacial score (nSPS) is 10.9. The first-order valence-corrected chi connectivity index (χ1v) is 4.30. The largest absolute Gasteiger partial charge is 0.354 e. The molecule has 62 valence electrons. The van der Waals surface area contributed by atoms with E-state index < -0.39 is 0 Å². The molecule has 0 N–H and O–H groups in total. The fraction of sp³-hybridized carbons (Fsp3) is 0.600. The van der Waals surface area contributed by atoms with Crippen LogP contribution in [0.25, 0.3) is 0 Å². The third kappa shape index (κ3) is 2.41. The van der Waals surface area contributed by atoms with Crippen LogP contribution in [-0.2, 0) is 13.5 Å². The molecular weight excluding hydrogens is 134 g/mol. The molecule has 1 nitrogen and oxygen atoms in total. The highest BCUT2D eigenvalue weighted by Gasteiger charge is 1.98. The number of aromatic nitrogens is 1. The quantitative estimate of drug-likeness (QED) is 0.626. The van der Waals surface area contributed by atoms with Crippen molar-refractivity contribution in [3.05, 3.63) is 24.0 Å². The van der Waals surface area contributed by atoms with Crippen LogP contribution in [0.4, 0.5) is 0 Å². The SMILES string of the molecule is CC(C)CCc1cccn1C. The van der Waals surface area contributed by atoms with Crippen LogP contribution in [0, 0.1) is 5.92 Å². The predicted octanol–water partition coefficient (Wildman–Crippen LogP) is 2.61. The first-order chi connectivity index (χ1) is 5.20. The van der Waals surface area contributed by atoms with E-state index in [1.165, 1.54) is 18.5 Å². The van der Waals surface area contributed by atoms with Gasteiger partial charge in [0.1, 0.15) is 0 Å². The monoisotopic (exact) mass is 151 g/mol. The lowest BCUT2D eigenvalue weighted by atomic mass is 10.1. The van der Waals surface area contributed by atoms with Gasteiger partial charge in [0, 0.05) is 18.9 Å². The third-order valence-electron chi connectivity index (χ3n) is 2.03. The molecule has 0 aliphatic rings. The Hall–Kier alpha value is -0.720. The van der Waals surface area contributed by atoms with Crippen LogP contribution in [-0.4, -0.2) is 4.57 Å². The predicted molar refractivity (Wildman–Crippen MR) is 48.6 cm³/mol. The maximum atomic E-state index is 2.27. The van der Waals surface area contributed by atoms with E-state index in [9.17, 15) is 0 Å². The van der Waals surface area contributed by atoms with Gasteiger partial charge >= 0.3 is 0 Å². The Morgan fingerprint density at radius 1 is 1.45 bits per heavy atom. The summed E-state index contributed by atoms with van der Waals surface area (Å²) in [7, 11) is 2.11. The van der Waals surface area contributed by atoms with E-state index in [1.807, 2.05) is 0 Å². The van der Waals surface area contributed by atoms with Gasteiger partial charge in [-0.3, -0.25) is 0 Å². The second-order valence-corrected chi connectivity index (χ2v) is 3.54.